The first-order valence-electron chi connectivity index (χ1n) is 7.94. The average molecular weight is 361 g/mol. The van der Waals surface area contributed by atoms with Crippen LogP contribution >= 0.6 is 11.6 Å². The summed E-state index contributed by atoms with van der Waals surface area (Å²) in [5, 5.41) is 4.62. The fourth-order valence-electron chi connectivity index (χ4n) is 2.17. The molecule has 0 aliphatic heterocycles. The summed E-state index contributed by atoms with van der Waals surface area (Å²) in [6.07, 6.45) is 1.56. The topological polar surface area (TPSA) is 59.9 Å². The second-order valence-corrected chi connectivity index (χ2v) is 5.83. The van der Waals surface area contributed by atoms with Crippen molar-refractivity contribution in [3.05, 3.63) is 58.1 Å². The first-order valence-corrected chi connectivity index (χ1v) is 8.31. The Morgan fingerprint density at radius 3 is 2.36 bits per heavy atom. The van der Waals surface area contributed by atoms with E-state index in [1.165, 1.54) is 0 Å². The number of benzene rings is 2. The van der Waals surface area contributed by atoms with Crippen molar-refractivity contribution in [3.63, 3.8) is 0 Å². The van der Waals surface area contributed by atoms with E-state index in [2.05, 4.69) is 10.5 Å². The van der Waals surface area contributed by atoms with Crippen LogP contribution in [0.15, 0.2) is 41.5 Å². The number of amides is 1. The van der Waals surface area contributed by atoms with E-state index in [1.54, 1.807) is 18.3 Å². The van der Waals surface area contributed by atoms with Crippen molar-refractivity contribution in [1.82, 2.24) is 5.43 Å². The zero-order chi connectivity index (χ0) is 18.2. The molecular formula is C19H21ClN2O3. The van der Waals surface area contributed by atoms with Crippen LogP contribution in [0.3, 0.4) is 0 Å². The van der Waals surface area contributed by atoms with Crippen LogP contribution in [0.4, 0.5) is 0 Å². The lowest BCUT2D eigenvalue weighted by Crippen LogP contribution is -2.24. The smallest absolute Gasteiger partial charge is 0.277 e. The van der Waals surface area contributed by atoms with Crippen molar-refractivity contribution in [2.45, 2.75) is 20.8 Å². The van der Waals surface area contributed by atoms with Crippen LogP contribution in [0.2, 0.25) is 5.02 Å². The number of nitrogens with one attached hydrogen (secondary N) is 1. The largest absolute Gasteiger partial charge is 0.494 e. The first kappa shape index (κ1) is 18.8. The van der Waals surface area contributed by atoms with Crippen molar-refractivity contribution in [2.24, 2.45) is 5.10 Å². The van der Waals surface area contributed by atoms with Gasteiger partial charge >= 0.3 is 0 Å². The molecule has 1 amide bonds. The molecule has 0 aliphatic rings. The van der Waals surface area contributed by atoms with Gasteiger partial charge in [-0.05, 0) is 73.9 Å². The Labute approximate surface area is 152 Å². The van der Waals surface area contributed by atoms with Gasteiger partial charge in [-0.3, -0.25) is 4.79 Å². The van der Waals surface area contributed by atoms with Crippen LogP contribution in [0, 0.1) is 13.8 Å². The zero-order valence-electron chi connectivity index (χ0n) is 14.5. The molecule has 0 bridgehead atoms. The van der Waals surface area contributed by atoms with E-state index in [0.29, 0.717) is 17.4 Å². The van der Waals surface area contributed by atoms with Crippen LogP contribution in [-0.2, 0) is 4.79 Å². The van der Waals surface area contributed by atoms with Gasteiger partial charge < -0.3 is 9.47 Å². The van der Waals surface area contributed by atoms with Crippen molar-refractivity contribution in [1.29, 1.82) is 0 Å². The molecule has 0 heterocycles. The van der Waals surface area contributed by atoms with Crippen LogP contribution in [0.5, 0.6) is 11.5 Å². The summed E-state index contributed by atoms with van der Waals surface area (Å²) in [5.74, 6) is 1.06. The van der Waals surface area contributed by atoms with E-state index >= 15 is 0 Å². The van der Waals surface area contributed by atoms with Gasteiger partial charge in [0, 0.05) is 5.02 Å². The molecule has 2 aromatic rings. The van der Waals surface area contributed by atoms with Gasteiger partial charge in [0.2, 0.25) is 0 Å². The molecular weight excluding hydrogens is 340 g/mol. The van der Waals surface area contributed by atoms with Crippen LogP contribution in [0.1, 0.15) is 23.6 Å². The van der Waals surface area contributed by atoms with E-state index in [0.717, 1.165) is 22.4 Å². The maximum Gasteiger partial charge on any atom is 0.277 e. The Morgan fingerprint density at radius 1 is 1.12 bits per heavy atom. The third-order valence-electron chi connectivity index (χ3n) is 3.37. The third-order valence-corrected chi connectivity index (χ3v) is 3.97. The standard InChI is InChI=1S/C19H21ClN2O3/c1-4-24-16-7-5-15(6-8-16)11-21-22-18(23)12-25-17-9-13(2)19(20)14(3)10-17/h5-11H,4,12H2,1-3H3,(H,22,23). The van der Waals surface area contributed by atoms with Crippen molar-refractivity contribution in [3.8, 4) is 11.5 Å². The van der Waals surface area contributed by atoms with Gasteiger partial charge in [-0.25, -0.2) is 5.43 Å². The molecule has 0 aliphatic carbocycles. The van der Waals surface area contributed by atoms with Crippen molar-refractivity contribution < 1.29 is 14.3 Å². The molecule has 1 N–H and O–H groups in total. The van der Waals surface area contributed by atoms with Gasteiger partial charge in [0.05, 0.1) is 12.8 Å². The Kier molecular flexibility index (Phi) is 6.83. The molecule has 0 radical (unpaired) electrons. The van der Waals surface area contributed by atoms with E-state index in [4.69, 9.17) is 21.1 Å². The van der Waals surface area contributed by atoms with Gasteiger partial charge in [-0.2, -0.15) is 5.10 Å². The maximum absolute atomic E-state index is 11.8. The molecule has 0 fully saturated rings. The fraction of sp³-hybridized carbons (Fsp3) is 0.263. The summed E-state index contributed by atoms with van der Waals surface area (Å²) in [6.45, 7) is 6.21. The fourth-order valence-corrected chi connectivity index (χ4v) is 2.28. The molecule has 0 saturated heterocycles. The highest BCUT2D eigenvalue weighted by molar-refractivity contribution is 6.32. The van der Waals surface area contributed by atoms with Gasteiger partial charge in [-0.15, -0.1) is 0 Å². The first-order chi connectivity index (χ1) is 12.0. The summed E-state index contributed by atoms with van der Waals surface area (Å²) in [7, 11) is 0. The summed E-state index contributed by atoms with van der Waals surface area (Å²) < 4.78 is 10.8. The lowest BCUT2D eigenvalue weighted by molar-refractivity contribution is -0.123. The van der Waals surface area contributed by atoms with E-state index < -0.39 is 0 Å². The summed E-state index contributed by atoms with van der Waals surface area (Å²) >= 11 is 6.10. The molecule has 0 unspecified atom stereocenters. The second-order valence-electron chi connectivity index (χ2n) is 5.45. The number of aryl methyl sites for hydroxylation is 2. The van der Waals surface area contributed by atoms with Gasteiger partial charge in [0.1, 0.15) is 11.5 Å². The van der Waals surface area contributed by atoms with Crippen molar-refractivity contribution >= 4 is 23.7 Å². The molecule has 0 spiro atoms. The number of nitrogens with zero attached hydrogens (tertiary/aromatic N) is 1. The number of rotatable bonds is 7. The Morgan fingerprint density at radius 2 is 1.76 bits per heavy atom. The Balaban J connectivity index is 1.82. The summed E-state index contributed by atoms with van der Waals surface area (Å²) in [6, 6.07) is 11.0. The third kappa shape index (κ3) is 5.80. The Hall–Kier alpha value is -2.53. The highest BCUT2D eigenvalue weighted by Crippen LogP contribution is 2.25. The number of ether oxygens (including phenoxy) is 2. The number of carbonyl (C=O) groups excluding carboxylic acids is 1. The van der Waals surface area contributed by atoms with Crippen LogP contribution in [0.25, 0.3) is 0 Å². The molecule has 25 heavy (non-hydrogen) atoms. The maximum atomic E-state index is 11.8. The van der Waals surface area contributed by atoms with Crippen LogP contribution < -0.4 is 14.9 Å². The highest BCUT2D eigenvalue weighted by atomic mass is 35.5. The van der Waals surface area contributed by atoms with Gasteiger partial charge in [-0.1, -0.05) is 11.6 Å². The van der Waals surface area contributed by atoms with Crippen molar-refractivity contribution in [2.75, 3.05) is 13.2 Å². The summed E-state index contributed by atoms with van der Waals surface area (Å²) in [5.41, 5.74) is 5.10. The number of hydrogen-bond acceptors (Lipinski definition) is 4. The number of carbonyl (C=O) groups is 1. The molecule has 0 aromatic heterocycles. The van der Waals surface area contributed by atoms with E-state index in [9.17, 15) is 4.79 Å². The lowest BCUT2D eigenvalue weighted by Gasteiger charge is -2.09. The predicted octanol–water partition coefficient (Wildman–Crippen LogP) is 3.88. The predicted molar refractivity (Wildman–Crippen MR) is 99.8 cm³/mol. The Bertz CT molecular complexity index is 735. The average Bonchev–Trinajstić information content (AvgIpc) is 2.59. The van der Waals surface area contributed by atoms with Gasteiger partial charge in [0.15, 0.2) is 6.61 Å². The van der Waals surface area contributed by atoms with Gasteiger partial charge in [0.25, 0.3) is 5.91 Å². The molecule has 2 rings (SSSR count). The SMILES string of the molecule is CCOc1ccc(C=NNC(=O)COc2cc(C)c(Cl)c(C)c2)cc1. The lowest BCUT2D eigenvalue weighted by atomic mass is 10.1. The molecule has 5 nitrogen and oxygen atoms in total. The second kappa shape index (κ2) is 9.08. The number of hydrazone groups is 1. The molecule has 132 valence electrons. The van der Waals surface area contributed by atoms with E-state index in [1.807, 2.05) is 45.0 Å². The number of halogens is 1. The van der Waals surface area contributed by atoms with E-state index in [-0.39, 0.29) is 12.5 Å². The molecule has 0 saturated carbocycles. The highest BCUT2D eigenvalue weighted by Gasteiger charge is 2.06. The summed E-state index contributed by atoms with van der Waals surface area (Å²) in [4.78, 5) is 11.8. The molecule has 2 aromatic carbocycles. The monoisotopic (exact) mass is 360 g/mol. The quantitative estimate of drug-likeness (QED) is 0.602. The minimum absolute atomic E-state index is 0.124. The normalized spacial score (nSPS) is 10.7. The molecule has 0 atom stereocenters. The minimum Gasteiger partial charge on any atom is -0.494 e. The molecule has 6 heteroatoms. The van der Waals surface area contributed by atoms with Crippen LogP contribution in [-0.4, -0.2) is 25.3 Å². The minimum atomic E-state index is -0.340. The number of hydrogen-bond donors (Lipinski definition) is 1. The zero-order valence-corrected chi connectivity index (χ0v) is 15.3.